The Kier molecular flexibility index (Phi) is 4.50. The molecule has 1 aromatic rings. The average molecular weight is 325 g/mol. The number of nitrogens with two attached hydrogens (primary N) is 1. The maximum atomic E-state index is 12.3. The first kappa shape index (κ1) is 14.4. The molecule has 2 atom stereocenters. The number of nitrogen functional groups attached to an aromatic ring is 1. The molecule has 4 heteroatoms. The zero-order valence-corrected chi connectivity index (χ0v) is 13.0. The van der Waals surface area contributed by atoms with Gasteiger partial charge in [-0.05, 0) is 49.3 Å². The molecule has 3 nitrogen and oxygen atoms in total. The molecule has 3 N–H and O–H groups in total. The van der Waals surface area contributed by atoms with Crippen molar-refractivity contribution in [3.8, 4) is 0 Å². The van der Waals surface area contributed by atoms with Crippen LogP contribution in [0.1, 0.15) is 43.5 Å². The number of rotatable bonds is 2. The quantitative estimate of drug-likeness (QED) is 0.817. The lowest BCUT2D eigenvalue weighted by Crippen LogP contribution is -2.40. The third-order valence-electron chi connectivity index (χ3n) is 3.77. The first-order chi connectivity index (χ1) is 8.95. The summed E-state index contributed by atoms with van der Waals surface area (Å²) in [7, 11) is 0. The number of carbonyl (C=O) groups is 1. The van der Waals surface area contributed by atoms with E-state index in [1.807, 2.05) is 6.07 Å². The van der Waals surface area contributed by atoms with E-state index in [1.165, 1.54) is 6.42 Å². The molecule has 0 aromatic heterocycles. The number of carbonyl (C=O) groups excluding carboxylic acids is 1. The fraction of sp³-hybridized carbons (Fsp3) is 0.533. The Morgan fingerprint density at radius 2 is 1.89 bits per heavy atom. The Hall–Kier alpha value is -1.03. The van der Waals surface area contributed by atoms with E-state index in [0.717, 1.165) is 17.3 Å². The maximum absolute atomic E-state index is 12.3. The molecule has 104 valence electrons. The van der Waals surface area contributed by atoms with E-state index < -0.39 is 0 Å². The van der Waals surface area contributed by atoms with E-state index in [1.54, 1.807) is 12.1 Å². The Balaban J connectivity index is 2.06. The van der Waals surface area contributed by atoms with Gasteiger partial charge in [-0.15, -0.1) is 0 Å². The van der Waals surface area contributed by atoms with Gasteiger partial charge < -0.3 is 11.1 Å². The van der Waals surface area contributed by atoms with Crippen molar-refractivity contribution in [3.05, 3.63) is 28.2 Å². The lowest BCUT2D eigenvalue weighted by Gasteiger charge is -2.32. The molecule has 1 fully saturated rings. The number of nitrogens with one attached hydrogen (secondary N) is 1. The molecule has 0 bridgehead atoms. The van der Waals surface area contributed by atoms with E-state index >= 15 is 0 Å². The molecule has 2 unspecified atom stereocenters. The molecular formula is C15H21BrN2O. The summed E-state index contributed by atoms with van der Waals surface area (Å²) in [6.07, 6.45) is 3.37. The molecule has 1 aliphatic carbocycles. The summed E-state index contributed by atoms with van der Waals surface area (Å²) in [5.41, 5.74) is 6.95. The second-order valence-corrected chi connectivity index (χ2v) is 6.74. The predicted octanol–water partition coefficient (Wildman–Crippen LogP) is 3.59. The summed E-state index contributed by atoms with van der Waals surface area (Å²) >= 11 is 3.37. The summed E-state index contributed by atoms with van der Waals surface area (Å²) < 4.78 is 0.872. The number of amides is 1. The van der Waals surface area contributed by atoms with Gasteiger partial charge in [0.05, 0.1) is 5.56 Å². The van der Waals surface area contributed by atoms with Gasteiger partial charge in [0.2, 0.25) is 0 Å². The summed E-state index contributed by atoms with van der Waals surface area (Å²) in [5.74, 6) is 1.29. The molecule has 0 aliphatic heterocycles. The van der Waals surface area contributed by atoms with Crippen LogP contribution in [-0.2, 0) is 0 Å². The highest BCUT2D eigenvalue weighted by atomic mass is 79.9. The first-order valence-electron chi connectivity index (χ1n) is 6.81. The third-order valence-corrected chi connectivity index (χ3v) is 4.27. The van der Waals surface area contributed by atoms with Gasteiger partial charge in [-0.1, -0.05) is 29.8 Å². The van der Waals surface area contributed by atoms with Crippen molar-refractivity contribution in [1.29, 1.82) is 0 Å². The van der Waals surface area contributed by atoms with Crippen LogP contribution in [0, 0.1) is 11.8 Å². The van der Waals surface area contributed by atoms with Crippen LogP contribution >= 0.6 is 15.9 Å². The fourth-order valence-electron chi connectivity index (χ4n) is 3.05. The fourth-order valence-corrected chi connectivity index (χ4v) is 3.41. The van der Waals surface area contributed by atoms with E-state index in [0.29, 0.717) is 23.1 Å². The predicted molar refractivity (Wildman–Crippen MR) is 82.0 cm³/mol. The van der Waals surface area contributed by atoms with Crippen molar-refractivity contribution in [3.63, 3.8) is 0 Å². The number of hydrogen-bond acceptors (Lipinski definition) is 2. The normalized spacial score (nSPS) is 27.0. The van der Waals surface area contributed by atoms with E-state index in [2.05, 4.69) is 35.1 Å². The molecule has 0 radical (unpaired) electrons. The van der Waals surface area contributed by atoms with Crippen LogP contribution in [0.5, 0.6) is 0 Å². The first-order valence-corrected chi connectivity index (χ1v) is 7.61. The Morgan fingerprint density at radius 1 is 1.26 bits per heavy atom. The zero-order valence-electron chi connectivity index (χ0n) is 11.4. The maximum Gasteiger partial charge on any atom is 0.253 e. The second kappa shape index (κ2) is 5.95. The van der Waals surface area contributed by atoms with Crippen molar-refractivity contribution in [2.45, 2.75) is 39.2 Å². The second-order valence-electron chi connectivity index (χ2n) is 5.82. The van der Waals surface area contributed by atoms with Gasteiger partial charge in [-0.25, -0.2) is 0 Å². The molecule has 0 saturated heterocycles. The summed E-state index contributed by atoms with van der Waals surface area (Å²) in [6.45, 7) is 4.50. The van der Waals surface area contributed by atoms with E-state index in [9.17, 15) is 4.79 Å². The Bertz CT molecular complexity index is 465. The standard InChI is InChI=1S/C15H21BrN2O/c1-9-5-10(2)7-12(6-9)18-15(19)13-8-11(16)3-4-14(13)17/h3-4,8-10,12H,5-7,17H2,1-2H3,(H,18,19). The lowest BCUT2D eigenvalue weighted by molar-refractivity contribution is 0.0912. The van der Waals surface area contributed by atoms with Crippen LogP contribution in [0.3, 0.4) is 0 Å². The topological polar surface area (TPSA) is 55.1 Å². The number of anilines is 1. The van der Waals surface area contributed by atoms with Crippen LogP contribution in [0.4, 0.5) is 5.69 Å². The van der Waals surface area contributed by atoms with Crippen molar-refractivity contribution in [1.82, 2.24) is 5.32 Å². The van der Waals surface area contributed by atoms with E-state index in [-0.39, 0.29) is 11.9 Å². The minimum Gasteiger partial charge on any atom is -0.398 e. The summed E-state index contributed by atoms with van der Waals surface area (Å²) in [4.78, 5) is 12.3. The number of halogens is 1. The molecule has 1 amide bonds. The largest absolute Gasteiger partial charge is 0.398 e. The molecule has 0 heterocycles. The van der Waals surface area contributed by atoms with Crippen LogP contribution in [-0.4, -0.2) is 11.9 Å². The van der Waals surface area contributed by atoms with E-state index in [4.69, 9.17) is 5.73 Å². The van der Waals surface area contributed by atoms with Crippen LogP contribution in [0.15, 0.2) is 22.7 Å². The van der Waals surface area contributed by atoms with Gasteiger partial charge >= 0.3 is 0 Å². The lowest BCUT2D eigenvalue weighted by atomic mass is 9.80. The third kappa shape index (κ3) is 3.72. The summed E-state index contributed by atoms with van der Waals surface area (Å²) in [5, 5.41) is 3.12. The molecule has 1 saturated carbocycles. The van der Waals surface area contributed by atoms with Gasteiger partial charge in [-0.3, -0.25) is 4.79 Å². The monoisotopic (exact) mass is 324 g/mol. The van der Waals surface area contributed by atoms with Gasteiger partial charge in [0.15, 0.2) is 0 Å². The molecular weight excluding hydrogens is 304 g/mol. The number of hydrogen-bond donors (Lipinski definition) is 2. The van der Waals surface area contributed by atoms with Crippen LogP contribution in [0.25, 0.3) is 0 Å². The Morgan fingerprint density at radius 3 is 2.53 bits per heavy atom. The highest BCUT2D eigenvalue weighted by molar-refractivity contribution is 9.10. The molecule has 19 heavy (non-hydrogen) atoms. The highest BCUT2D eigenvalue weighted by Gasteiger charge is 2.25. The van der Waals surface area contributed by atoms with Gasteiger partial charge in [0.25, 0.3) is 5.91 Å². The van der Waals surface area contributed by atoms with Crippen LogP contribution in [0.2, 0.25) is 0 Å². The van der Waals surface area contributed by atoms with Crippen molar-refractivity contribution >= 4 is 27.5 Å². The van der Waals surface area contributed by atoms with Crippen molar-refractivity contribution < 1.29 is 4.79 Å². The van der Waals surface area contributed by atoms with Gasteiger partial charge in [0.1, 0.15) is 0 Å². The molecule has 2 rings (SSSR count). The summed E-state index contributed by atoms with van der Waals surface area (Å²) in [6, 6.07) is 5.65. The highest BCUT2D eigenvalue weighted by Crippen LogP contribution is 2.29. The minimum absolute atomic E-state index is 0.0647. The SMILES string of the molecule is CC1CC(C)CC(NC(=O)c2cc(Br)ccc2N)C1. The molecule has 1 aliphatic rings. The molecule has 1 aromatic carbocycles. The number of benzene rings is 1. The van der Waals surface area contributed by atoms with Gasteiger partial charge in [0, 0.05) is 16.2 Å². The average Bonchev–Trinajstić information content (AvgIpc) is 2.30. The Labute approximate surface area is 123 Å². The van der Waals surface area contributed by atoms with Crippen molar-refractivity contribution in [2.75, 3.05) is 5.73 Å². The minimum atomic E-state index is -0.0647. The van der Waals surface area contributed by atoms with Crippen molar-refractivity contribution in [2.24, 2.45) is 11.8 Å². The molecule has 0 spiro atoms. The zero-order chi connectivity index (χ0) is 14.0. The smallest absolute Gasteiger partial charge is 0.253 e. The van der Waals surface area contributed by atoms with Gasteiger partial charge in [-0.2, -0.15) is 0 Å². The van der Waals surface area contributed by atoms with Crippen LogP contribution < -0.4 is 11.1 Å².